The third kappa shape index (κ3) is 4.75. The number of hydrogen-bond donors (Lipinski definition) is 1. The molecule has 2 aliphatic rings. The lowest BCUT2D eigenvalue weighted by atomic mass is 10.2. The maximum Gasteiger partial charge on any atom is 0.403 e. The highest BCUT2D eigenvalue weighted by Crippen LogP contribution is 2.38. The Balaban J connectivity index is 1.57. The number of ether oxygens (including phenoxy) is 2. The number of nitrogens with one attached hydrogen (secondary N) is 1. The summed E-state index contributed by atoms with van der Waals surface area (Å²) in [5.74, 6) is 1.81. The zero-order valence-corrected chi connectivity index (χ0v) is 16.6. The summed E-state index contributed by atoms with van der Waals surface area (Å²) in [6, 6.07) is 2.23. The maximum absolute atomic E-state index is 12.9. The molecule has 0 bridgehead atoms. The minimum Gasteiger partial charge on any atom is -0.486 e. The van der Waals surface area contributed by atoms with Crippen molar-refractivity contribution < 1.29 is 22.6 Å². The highest BCUT2D eigenvalue weighted by Gasteiger charge is 2.41. The molecule has 1 aromatic rings. The third-order valence-corrected chi connectivity index (χ3v) is 5.24. The third-order valence-electron chi connectivity index (χ3n) is 4.95. The van der Waals surface area contributed by atoms with E-state index in [1.54, 1.807) is 13.1 Å². The van der Waals surface area contributed by atoms with E-state index in [0.29, 0.717) is 68.4 Å². The van der Waals surface area contributed by atoms with Crippen molar-refractivity contribution in [2.45, 2.75) is 25.7 Å². The number of guanidine groups is 1. The second kappa shape index (κ2) is 8.65. The van der Waals surface area contributed by atoms with Gasteiger partial charge in [0.15, 0.2) is 17.5 Å². The number of halogens is 4. The van der Waals surface area contributed by atoms with Gasteiger partial charge >= 0.3 is 6.18 Å². The molecular formula is C18H24ClF3N4O2. The number of fused-ring (bicyclic) bond motifs is 1. The number of alkyl halides is 3. The average Bonchev–Trinajstić information content (AvgIpc) is 2.68. The zero-order chi connectivity index (χ0) is 20.3. The predicted molar refractivity (Wildman–Crippen MR) is 101 cm³/mol. The topological polar surface area (TPSA) is 49.3 Å². The first kappa shape index (κ1) is 20.9. The van der Waals surface area contributed by atoms with E-state index < -0.39 is 12.2 Å². The second-order valence-electron chi connectivity index (χ2n) is 6.74. The van der Waals surface area contributed by atoms with Crippen molar-refractivity contribution in [3.05, 3.63) is 22.7 Å². The molecule has 0 amide bonds. The lowest BCUT2D eigenvalue weighted by molar-refractivity contribution is -0.181. The zero-order valence-electron chi connectivity index (χ0n) is 15.9. The molecule has 1 aromatic carbocycles. The van der Waals surface area contributed by atoms with Gasteiger partial charge in [0.05, 0.1) is 5.02 Å². The van der Waals surface area contributed by atoms with Crippen LogP contribution in [0.5, 0.6) is 11.5 Å². The Hall–Kier alpha value is -1.87. The SMILES string of the molecule is CN=C(NCc1cc(Cl)c2c(c1)OCCO2)N1CCN(C(C)C(F)(F)F)CC1. The first-order valence-corrected chi connectivity index (χ1v) is 9.51. The fourth-order valence-corrected chi connectivity index (χ4v) is 3.60. The van der Waals surface area contributed by atoms with Crippen LogP contribution in [0.1, 0.15) is 12.5 Å². The lowest BCUT2D eigenvalue weighted by Gasteiger charge is -2.39. The van der Waals surface area contributed by atoms with Crippen molar-refractivity contribution in [1.29, 1.82) is 0 Å². The monoisotopic (exact) mass is 420 g/mol. The van der Waals surface area contributed by atoms with Gasteiger partial charge in [-0.05, 0) is 24.6 Å². The van der Waals surface area contributed by atoms with E-state index in [-0.39, 0.29) is 0 Å². The fourth-order valence-electron chi connectivity index (χ4n) is 3.31. The van der Waals surface area contributed by atoms with Crippen molar-refractivity contribution in [3.63, 3.8) is 0 Å². The smallest absolute Gasteiger partial charge is 0.403 e. The Kier molecular flexibility index (Phi) is 6.44. The van der Waals surface area contributed by atoms with Crippen LogP contribution in [0.3, 0.4) is 0 Å². The first-order valence-electron chi connectivity index (χ1n) is 9.14. The molecule has 1 saturated heterocycles. The number of nitrogens with zero attached hydrogens (tertiary/aromatic N) is 3. The van der Waals surface area contributed by atoms with Gasteiger partial charge in [-0.25, -0.2) is 0 Å². The van der Waals surface area contributed by atoms with Crippen LogP contribution in [-0.2, 0) is 6.54 Å². The number of piperazine rings is 1. The Morgan fingerprint density at radius 3 is 2.54 bits per heavy atom. The van der Waals surface area contributed by atoms with E-state index in [1.807, 2.05) is 11.0 Å². The molecule has 0 spiro atoms. The van der Waals surface area contributed by atoms with Crippen LogP contribution in [0.4, 0.5) is 13.2 Å². The number of benzene rings is 1. The molecule has 1 N–H and O–H groups in total. The molecule has 0 saturated carbocycles. The van der Waals surface area contributed by atoms with Gasteiger partial charge in [0.1, 0.15) is 19.3 Å². The summed E-state index contributed by atoms with van der Waals surface area (Å²) in [6.07, 6.45) is -4.21. The molecule has 1 unspecified atom stereocenters. The van der Waals surface area contributed by atoms with Gasteiger partial charge in [-0.15, -0.1) is 0 Å². The van der Waals surface area contributed by atoms with Gasteiger partial charge in [0.25, 0.3) is 0 Å². The second-order valence-corrected chi connectivity index (χ2v) is 7.15. The van der Waals surface area contributed by atoms with Crippen LogP contribution < -0.4 is 14.8 Å². The van der Waals surface area contributed by atoms with Crippen LogP contribution in [0.15, 0.2) is 17.1 Å². The number of aliphatic imine (C=N–C) groups is 1. The minimum absolute atomic E-state index is 0.331. The van der Waals surface area contributed by atoms with Crippen molar-refractivity contribution >= 4 is 17.6 Å². The molecule has 28 heavy (non-hydrogen) atoms. The Morgan fingerprint density at radius 2 is 1.89 bits per heavy atom. The van der Waals surface area contributed by atoms with Crippen LogP contribution in [-0.4, -0.2) is 74.4 Å². The molecule has 156 valence electrons. The van der Waals surface area contributed by atoms with Crippen molar-refractivity contribution in [3.8, 4) is 11.5 Å². The molecule has 2 aliphatic heterocycles. The first-order chi connectivity index (χ1) is 13.3. The molecule has 0 radical (unpaired) electrons. The molecule has 6 nitrogen and oxygen atoms in total. The van der Waals surface area contributed by atoms with E-state index in [0.717, 1.165) is 5.56 Å². The summed E-state index contributed by atoms with van der Waals surface area (Å²) in [4.78, 5) is 7.66. The van der Waals surface area contributed by atoms with E-state index in [1.165, 1.54) is 11.8 Å². The summed E-state index contributed by atoms with van der Waals surface area (Å²) in [6.45, 7) is 4.22. The van der Waals surface area contributed by atoms with Crippen molar-refractivity contribution in [1.82, 2.24) is 15.1 Å². The van der Waals surface area contributed by atoms with Gasteiger partial charge in [-0.3, -0.25) is 9.89 Å². The molecule has 1 fully saturated rings. The molecule has 2 heterocycles. The highest BCUT2D eigenvalue weighted by molar-refractivity contribution is 6.32. The van der Waals surface area contributed by atoms with Crippen LogP contribution >= 0.6 is 11.6 Å². The highest BCUT2D eigenvalue weighted by atomic mass is 35.5. The quantitative estimate of drug-likeness (QED) is 0.602. The normalized spacial score (nSPS) is 19.5. The van der Waals surface area contributed by atoms with Crippen LogP contribution in [0, 0.1) is 0 Å². The van der Waals surface area contributed by atoms with Gasteiger partial charge in [-0.1, -0.05) is 11.6 Å². The van der Waals surface area contributed by atoms with E-state index >= 15 is 0 Å². The standard InChI is InChI=1S/C18H24ClF3N4O2/c1-12(18(20,21)22)25-3-5-26(6-4-25)17(23-2)24-11-13-9-14(19)16-15(10-13)27-7-8-28-16/h9-10,12H,3-8,11H2,1-2H3,(H,23,24). The maximum atomic E-state index is 12.9. The minimum atomic E-state index is -4.21. The van der Waals surface area contributed by atoms with Gasteiger partial charge < -0.3 is 19.7 Å². The average molecular weight is 421 g/mol. The van der Waals surface area contributed by atoms with E-state index in [9.17, 15) is 13.2 Å². The van der Waals surface area contributed by atoms with Gasteiger partial charge in [0.2, 0.25) is 0 Å². The summed E-state index contributed by atoms with van der Waals surface area (Å²) in [5.41, 5.74) is 0.903. The van der Waals surface area contributed by atoms with Gasteiger partial charge in [-0.2, -0.15) is 13.2 Å². The van der Waals surface area contributed by atoms with Crippen LogP contribution in [0.2, 0.25) is 5.02 Å². The molecule has 0 aliphatic carbocycles. The van der Waals surface area contributed by atoms with Crippen LogP contribution in [0.25, 0.3) is 0 Å². The van der Waals surface area contributed by atoms with E-state index in [2.05, 4.69) is 10.3 Å². The molecule has 1 atom stereocenters. The fraction of sp³-hybridized carbons (Fsp3) is 0.611. The Labute approximate surface area is 167 Å². The summed E-state index contributed by atoms with van der Waals surface area (Å²) >= 11 is 6.26. The summed E-state index contributed by atoms with van der Waals surface area (Å²) in [7, 11) is 1.66. The predicted octanol–water partition coefficient (Wildman–Crippen LogP) is 2.76. The Morgan fingerprint density at radius 1 is 1.21 bits per heavy atom. The summed E-state index contributed by atoms with van der Waals surface area (Å²) < 4.78 is 49.8. The number of rotatable bonds is 3. The van der Waals surface area contributed by atoms with E-state index in [4.69, 9.17) is 21.1 Å². The summed E-state index contributed by atoms with van der Waals surface area (Å²) in [5, 5.41) is 3.73. The lowest BCUT2D eigenvalue weighted by Crippen LogP contribution is -2.56. The molecule has 3 rings (SSSR count). The largest absolute Gasteiger partial charge is 0.486 e. The molecule has 0 aromatic heterocycles. The number of hydrogen-bond acceptors (Lipinski definition) is 4. The molecule has 10 heteroatoms. The Bertz CT molecular complexity index is 722. The van der Waals surface area contributed by atoms with Crippen molar-refractivity contribution in [2.75, 3.05) is 46.4 Å². The van der Waals surface area contributed by atoms with Gasteiger partial charge in [0, 0.05) is 39.8 Å². The van der Waals surface area contributed by atoms with Crippen molar-refractivity contribution in [2.24, 2.45) is 4.99 Å². The molecular weight excluding hydrogens is 397 g/mol.